The number of hydrogen-bond donors (Lipinski definition) is 2. The lowest BCUT2D eigenvalue weighted by Crippen LogP contribution is -2.35. The van der Waals surface area contributed by atoms with E-state index in [2.05, 4.69) is 22.5 Å². The SMILES string of the molecule is CC(C)CNC(=O)c1cc(NC(=O)c2ccc([N+](=O)[O-])cc2Cl)ccc1N1CCC(C)CC1. The monoisotopic (exact) mass is 472 g/mol. The molecule has 2 amide bonds. The van der Waals surface area contributed by atoms with Gasteiger partial charge in [0.05, 0.1) is 21.1 Å². The molecule has 0 bridgehead atoms. The molecule has 1 fully saturated rings. The summed E-state index contributed by atoms with van der Waals surface area (Å²) in [5.41, 5.74) is 1.70. The number of rotatable bonds is 7. The van der Waals surface area contributed by atoms with Crippen LogP contribution in [0.25, 0.3) is 0 Å². The van der Waals surface area contributed by atoms with Gasteiger partial charge >= 0.3 is 0 Å². The lowest BCUT2D eigenvalue weighted by molar-refractivity contribution is -0.384. The molecule has 1 heterocycles. The van der Waals surface area contributed by atoms with E-state index in [0.29, 0.717) is 29.6 Å². The average molecular weight is 473 g/mol. The van der Waals surface area contributed by atoms with Gasteiger partial charge in [0.15, 0.2) is 0 Å². The summed E-state index contributed by atoms with van der Waals surface area (Å²) in [6, 6.07) is 8.96. The molecule has 33 heavy (non-hydrogen) atoms. The predicted octanol–water partition coefficient (Wildman–Crippen LogP) is 5.12. The van der Waals surface area contributed by atoms with Gasteiger partial charge in [-0.2, -0.15) is 0 Å². The van der Waals surface area contributed by atoms with Crippen LogP contribution in [0.5, 0.6) is 0 Å². The lowest BCUT2D eigenvalue weighted by Gasteiger charge is -2.33. The van der Waals surface area contributed by atoms with Gasteiger partial charge in [0.25, 0.3) is 17.5 Å². The van der Waals surface area contributed by atoms with Crippen LogP contribution in [0.3, 0.4) is 0 Å². The molecule has 3 rings (SSSR count). The minimum Gasteiger partial charge on any atom is -0.371 e. The molecule has 1 aliphatic rings. The van der Waals surface area contributed by atoms with Gasteiger partial charge in [-0.1, -0.05) is 32.4 Å². The minimum absolute atomic E-state index is 0.0179. The van der Waals surface area contributed by atoms with Gasteiger partial charge < -0.3 is 15.5 Å². The second kappa shape index (κ2) is 10.7. The Morgan fingerprint density at radius 1 is 1.12 bits per heavy atom. The molecule has 9 heteroatoms. The maximum atomic E-state index is 13.0. The number of nitro groups is 1. The van der Waals surface area contributed by atoms with E-state index in [9.17, 15) is 19.7 Å². The van der Waals surface area contributed by atoms with Crippen molar-refractivity contribution >= 4 is 40.5 Å². The Balaban J connectivity index is 1.86. The Kier molecular flexibility index (Phi) is 7.92. The maximum absolute atomic E-state index is 13.0. The number of nitrogens with one attached hydrogen (secondary N) is 2. The van der Waals surface area contributed by atoms with E-state index in [0.717, 1.165) is 37.7 Å². The highest BCUT2D eigenvalue weighted by molar-refractivity contribution is 6.34. The van der Waals surface area contributed by atoms with E-state index in [1.807, 2.05) is 19.9 Å². The summed E-state index contributed by atoms with van der Waals surface area (Å²) in [5, 5.41) is 16.6. The second-order valence-corrected chi connectivity index (χ2v) is 9.29. The molecule has 0 saturated carbocycles. The standard InChI is InChI=1S/C24H29ClN4O4/c1-15(2)14-26-23(30)20-12-17(4-7-22(20)28-10-8-16(3)9-11-28)27-24(31)19-6-5-18(29(32)33)13-21(19)25/h4-7,12-13,15-16H,8-11,14H2,1-3H3,(H,26,30)(H,27,31). The quantitative estimate of drug-likeness (QED) is 0.429. The van der Waals surface area contributed by atoms with Gasteiger partial charge in [0.1, 0.15) is 0 Å². The molecule has 8 nitrogen and oxygen atoms in total. The summed E-state index contributed by atoms with van der Waals surface area (Å²) in [5.74, 6) is 0.259. The Morgan fingerprint density at radius 2 is 1.82 bits per heavy atom. The summed E-state index contributed by atoms with van der Waals surface area (Å²) >= 11 is 6.09. The number of non-ortho nitro benzene ring substituents is 1. The number of carbonyl (C=O) groups is 2. The third-order valence-corrected chi connectivity index (χ3v) is 6.02. The van der Waals surface area contributed by atoms with E-state index >= 15 is 0 Å². The fourth-order valence-corrected chi connectivity index (χ4v) is 3.97. The van der Waals surface area contributed by atoms with Crippen LogP contribution < -0.4 is 15.5 Å². The van der Waals surface area contributed by atoms with Gasteiger partial charge in [-0.05, 0) is 48.9 Å². The smallest absolute Gasteiger partial charge is 0.270 e. The number of carbonyl (C=O) groups excluding carboxylic acids is 2. The summed E-state index contributed by atoms with van der Waals surface area (Å²) in [6.45, 7) is 8.57. The molecule has 2 aromatic carbocycles. The van der Waals surface area contributed by atoms with Crippen LogP contribution in [-0.4, -0.2) is 36.4 Å². The average Bonchev–Trinajstić information content (AvgIpc) is 2.77. The first-order chi connectivity index (χ1) is 15.7. The van der Waals surface area contributed by atoms with Crippen molar-refractivity contribution in [2.45, 2.75) is 33.6 Å². The zero-order valence-corrected chi connectivity index (χ0v) is 19.8. The number of piperidine rings is 1. The van der Waals surface area contributed by atoms with Crippen molar-refractivity contribution in [1.82, 2.24) is 5.32 Å². The van der Waals surface area contributed by atoms with E-state index in [1.165, 1.54) is 12.1 Å². The van der Waals surface area contributed by atoms with Gasteiger partial charge in [0, 0.05) is 43.1 Å². The Bertz CT molecular complexity index is 1050. The molecule has 2 aromatic rings. The molecule has 0 spiro atoms. The topological polar surface area (TPSA) is 105 Å². The molecule has 0 aliphatic carbocycles. The Hall–Kier alpha value is -3.13. The number of nitrogens with zero attached hydrogens (tertiary/aromatic N) is 2. The zero-order valence-electron chi connectivity index (χ0n) is 19.1. The molecule has 0 radical (unpaired) electrons. The molecule has 1 aliphatic heterocycles. The summed E-state index contributed by atoms with van der Waals surface area (Å²) in [7, 11) is 0. The van der Waals surface area contributed by atoms with E-state index in [4.69, 9.17) is 11.6 Å². The predicted molar refractivity (Wildman–Crippen MR) is 130 cm³/mol. The highest BCUT2D eigenvalue weighted by Crippen LogP contribution is 2.30. The van der Waals surface area contributed by atoms with Crippen molar-refractivity contribution in [2.24, 2.45) is 11.8 Å². The zero-order chi connectivity index (χ0) is 24.1. The fourth-order valence-electron chi connectivity index (χ4n) is 3.71. The van der Waals surface area contributed by atoms with Crippen molar-refractivity contribution in [2.75, 3.05) is 29.9 Å². The Morgan fingerprint density at radius 3 is 2.42 bits per heavy atom. The normalized spacial score (nSPS) is 14.3. The first-order valence-electron chi connectivity index (χ1n) is 11.1. The van der Waals surface area contributed by atoms with Crippen molar-refractivity contribution in [3.8, 4) is 0 Å². The van der Waals surface area contributed by atoms with Crippen molar-refractivity contribution in [3.63, 3.8) is 0 Å². The van der Waals surface area contributed by atoms with Crippen molar-refractivity contribution in [3.05, 3.63) is 62.7 Å². The minimum atomic E-state index is -0.574. The molecule has 0 aromatic heterocycles. The van der Waals surface area contributed by atoms with Crippen LogP contribution in [0.4, 0.5) is 17.1 Å². The lowest BCUT2D eigenvalue weighted by atomic mass is 9.97. The Labute approximate surface area is 198 Å². The molecule has 0 unspecified atom stereocenters. The third-order valence-electron chi connectivity index (χ3n) is 5.70. The number of benzene rings is 2. The largest absolute Gasteiger partial charge is 0.371 e. The summed E-state index contributed by atoms with van der Waals surface area (Å²) in [6.07, 6.45) is 2.12. The summed E-state index contributed by atoms with van der Waals surface area (Å²) < 4.78 is 0. The van der Waals surface area contributed by atoms with E-state index in [-0.39, 0.29) is 22.2 Å². The van der Waals surface area contributed by atoms with Crippen LogP contribution in [0, 0.1) is 22.0 Å². The first kappa shape index (κ1) is 24.5. The number of hydrogen-bond acceptors (Lipinski definition) is 5. The van der Waals surface area contributed by atoms with Crippen molar-refractivity contribution < 1.29 is 14.5 Å². The van der Waals surface area contributed by atoms with E-state index < -0.39 is 10.8 Å². The molecular formula is C24H29ClN4O4. The van der Waals surface area contributed by atoms with E-state index in [1.54, 1.807) is 12.1 Å². The number of nitro benzene ring substituents is 1. The van der Waals surface area contributed by atoms with Crippen LogP contribution in [-0.2, 0) is 0 Å². The van der Waals surface area contributed by atoms with Crippen LogP contribution in [0.2, 0.25) is 5.02 Å². The highest BCUT2D eigenvalue weighted by atomic mass is 35.5. The molecule has 176 valence electrons. The van der Waals surface area contributed by atoms with Gasteiger partial charge in [-0.3, -0.25) is 19.7 Å². The highest BCUT2D eigenvalue weighted by Gasteiger charge is 2.22. The number of amides is 2. The van der Waals surface area contributed by atoms with Crippen molar-refractivity contribution in [1.29, 1.82) is 0 Å². The molecule has 2 N–H and O–H groups in total. The van der Waals surface area contributed by atoms with Gasteiger partial charge in [0.2, 0.25) is 0 Å². The molecular weight excluding hydrogens is 444 g/mol. The maximum Gasteiger partial charge on any atom is 0.270 e. The number of anilines is 2. The first-order valence-corrected chi connectivity index (χ1v) is 11.5. The van der Waals surface area contributed by atoms with Crippen LogP contribution in [0.15, 0.2) is 36.4 Å². The van der Waals surface area contributed by atoms with Crippen LogP contribution in [0.1, 0.15) is 54.3 Å². The third kappa shape index (κ3) is 6.22. The molecule has 1 saturated heterocycles. The number of halogens is 1. The van der Waals surface area contributed by atoms with Gasteiger partial charge in [-0.15, -0.1) is 0 Å². The van der Waals surface area contributed by atoms with Crippen LogP contribution >= 0.6 is 11.6 Å². The fraction of sp³-hybridized carbons (Fsp3) is 0.417. The summed E-state index contributed by atoms with van der Waals surface area (Å²) in [4.78, 5) is 38.3. The molecule has 0 atom stereocenters. The van der Waals surface area contributed by atoms with Gasteiger partial charge in [-0.25, -0.2) is 0 Å². The second-order valence-electron chi connectivity index (χ2n) is 8.88.